The minimum atomic E-state index is -1.16. The van der Waals surface area contributed by atoms with Crippen molar-refractivity contribution in [2.24, 2.45) is 10.8 Å². The second-order valence-electron chi connectivity index (χ2n) is 5.56. The zero-order chi connectivity index (χ0) is 19.2. The molecule has 0 saturated carbocycles. The summed E-state index contributed by atoms with van der Waals surface area (Å²) in [4.78, 5) is 9.70. The van der Waals surface area contributed by atoms with Crippen LogP contribution in [0.15, 0.2) is 11.8 Å². The largest absolute Gasteiger partial charge is 0.515 e. The maximum Gasteiger partial charge on any atom is 0.334 e. The molecule has 10 nitrogen and oxygen atoms in total. The Morgan fingerprint density at radius 2 is 1.12 bits per heavy atom. The summed E-state index contributed by atoms with van der Waals surface area (Å²) in [5.74, 6) is -1.09. The fourth-order valence-corrected chi connectivity index (χ4v) is 1.11. The summed E-state index contributed by atoms with van der Waals surface area (Å²) in [5, 5.41) is 70.1. The fourth-order valence-electron chi connectivity index (χ4n) is 1.11. The Balaban J connectivity index is 0. The third-order valence-electron chi connectivity index (χ3n) is 3.36. The SMILES string of the molecule is CC(=CO)C(=O)O.OCC(CO)(CO)COCC(CO)(CO)CO. The monoisotopic (exact) mass is 356 g/mol. The molecule has 10 heteroatoms. The summed E-state index contributed by atoms with van der Waals surface area (Å²) in [5.41, 5.74) is -2.38. The molecule has 0 aliphatic carbocycles. The van der Waals surface area contributed by atoms with Crippen LogP contribution < -0.4 is 0 Å². The molecule has 0 heterocycles. The molecule has 0 spiro atoms. The van der Waals surface area contributed by atoms with Crippen molar-refractivity contribution in [1.29, 1.82) is 0 Å². The number of aliphatic hydroxyl groups excluding tert-OH is 7. The highest BCUT2D eigenvalue weighted by Crippen LogP contribution is 2.19. The minimum Gasteiger partial charge on any atom is -0.515 e. The lowest BCUT2D eigenvalue weighted by Gasteiger charge is -2.31. The summed E-state index contributed by atoms with van der Waals surface area (Å²) in [6, 6.07) is 0. The highest BCUT2D eigenvalue weighted by molar-refractivity contribution is 5.85. The molecule has 0 aromatic carbocycles. The first-order chi connectivity index (χ1) is 11.3. The molecular formula is C14H28O10. The van der Waals surface area contributed by atoms with Crippen molar-refractivity contribution in [2.45, 2.75) is 6.92 Å². The average Bonchev–Trinajstić information content (AvgIpc) is 2.63. The summed E-state index contributed by atoms with van der Waals surface area (Å²) in [6.07, 6.45) is 0.558. The van der Waals surface area contributed by atoms with Crippen LogP contribution in [0.3, 0.4) is 0 Å². The number of carboxylic acid groups (broad SMARTS) is 1. The number of carbonyl (C=O) groups is 1. The molecule has 0 aromatic rings. The second-order valence-corrected chi connectivity index (χ2v) is 5.56. The van der Waals surface area contributed by atoms with E-state index < -0.39 is 56.4 Å². The molecule has 24 heavy (non-hydrogen) atoms. The van der Waals surface area contributed by atoms with Crippen LogP contribution in [0.5, 0.6) is 0 Å². The van der Waals surface area contributed by atoms with E-state index in [1.54, 1.807) is 0 Å². The fraction of sp³-hybridized carbons (Fsp3) is 0.786. The van der Waals surface area contributed by atoms with Crippen molar-refractivity contribution in [2.75, 3.05) is 52.9 Å². The normalized spacial score (nSPS) is 12.5. The summed E-state index contributed by atoms with van der Waals surface area (Å²) in [6.45, 7) is -1.70. The lowest BCUT2D eigenvalue weighted by molar-refractivity contribution is -0.132. The van der Waals surface area contributed by atoms with Gasteiger partial charge in [-0.3, -0.25) is 0 Å². The highest BCUT2D eigenvalue weighted by atomic mass is 16.5. The third-order valence-corrected chi connectivity index (χ3v) is 3.36. The van der Waals surface area contributed by atoms with Crippen molar-refractivity contribution >= 4 is 5.97 Å². The Morgan fingerprint density at radius 1 is 0.833 bits per heavy atom. The molecule has 0 unspecified atom stereocenters. The summed E-state index contributed by atoms with van der Waals surface area (Å²) < 4.78 is 5.15. The van der Waals surface area contributed by atoms with Gasteiger partial charge in [-0.05, 0) is 6.92 Å². The lowest BCUT2D eigenvalue weighted by atomic mass is 9.91. The predicted molar refractivity (Wildman–Crippen MR) is 82.2 cm³/mol. The van der Waals surface area contributed by atoms with Crippen LogP contribution in [0, 0.1) is 10.8 Å². The van der Waals surface area contributed by atoms with E-state index in [9.17, 15) is 4.79 Å². The van der Waals surface area contributed by atoms with E-state index in [-0.39, 0.29) is 18.8 Å². The van der Waals surface area contributed by atoms with E-state index in [1.165, 1.54) is 6.92 Å². The van der Waals surface area contributed by atoms with Crippen molar-refractivity contribution in [3.05, 3.63) is 11.8 Å². The Labute approximate surface area is 139 Å². The topological polar surface area (TPSA) is 188 Å². The zero-order valence-electron chi connectivity index (χ0n) is 13.6. The summed E-state index contributed by atoms with van der Waals surface area (Å²) >= 11 is 0. The second kappa shape index (κ2) is 13.1. The van der Waals surface area contributed by atoms with Gasteiger partial charge in [0, 0.05) is 0 Å². The van der Waals surface area contributed by atoms with Crippen molar-refractivity contribution in [1.82, 2.24) is 0 Å². The van der Waals surface area contributed by atoms with Crippen LogP contribution in [-0.4, -0.2) is 99.7 Å². The van der Waals surface area contributed by atoms with E-state index in [0.717, 1.165) is 0 Å². The molecule has 8 N–H and O–H groups in total. The first-order valence-corrected chi connectivity index (χ1v) is 7.03. The molecule has 0 aliphatic rings. The molecule has 0 atom stereocenters. The molecule has 0 saturated heterocycles. The quantitative estimate of drug-likeness (QED) is 0.145. The van der Waals surface area contributed by atoms with E-state index in [1.807, 2.05) is 0 Å². The molecular weight excluding hydrogens is 328 g/mol. The molecule has 0 aliphatic heterocycles. The van der Waals surface area contributed by atoms with E-state index >= 15 is 0 Å². The van der Waals surface area contributed by atoms with Gasteiger partial charge >= 0.3 is 5.97 Å². The van der Waals surface area contributed by atoms with Crippen LogP contribution >= 0.6 is 0 Å². The van der Waals surface area contributed by atoms with Crippen molar-refractivity contribution < 1.29 is 50.4 Å². The van der Waals surface area contributed by atoms with Gasteiger partial charge in [0.2, 0.25) is 0 Å². The van der Waals surface area contributed by atoms with Gasteiger partial charge < -0.3 is 45.6 Å². The number of aliphatic carboxylic acids is 1. The number of hydrogen-bond donors (Lipinski definition) is 8. The Morgan fingerprint density at radius 3 is 1.25 bits per heavy atom. The van der Waals surface area contributed by atoms with Gasteiger partial charge in [0.25, 0.3) is 0 Å². The Bertz CT molecular complexity index is 324. The lowest BCUT2D eigenvalue weighted by Crippen LogP contribution is -2.43. The smallest absolute Gasteiger partial charge is 0.334 e. The van der Waals surface area contributed by atoms with Gasteiger partial charge in [-0.15, -0.1) is 0 Å². The van der Waals surface area contributed by atoms with Crippen molar-refractivity contribution in [3.8, 4) is 0 Å². The van der Waals surface area contributed by atoms with Crippen LogP contribution in [0.1, 0.15) is 6.92 Å². The van der Waals surface area contributed by atoms with Crippen LogP contribution in [0.2, 0.25) is 0 Å². The Hall–Kier alpha value is -1.27. The van der Waals surface area contributed by atoms with Gasteiger partial charge in [0.1, 0.15) is 0 Å². The van der Waals surface area contributed by atoms with Gasteiger partial charge in [0.05, 0.1) is 75.5 Å². The first-order valence-electron chi connectivity index (χ1n) is 7.03. The van der Waals surface area contributed by atoms with Gasteiger partial charge in [-0.2, -0.15) is 0 Å². The standard InChI is InChI=1S/C10H22O7.C4H6O3/c11-1-9(2-12,3-13)7-17-8-10(4-14,5-15)6-16;1-3(2-5)4(6)7/h11-16H,1-8H2;2,5H,1H3,(H,6,7). The molecule has 0 aromatic heterocycles. The number of ether oxygens (including phenoxy) is 1. The maximum absolute atomic E-state index is 9.70. The van der Waals surface area contributed by atoms with Gasteiger partial charge in [-0.25, -0.2) is 4.79 Å². The molecule has 0 fully saturated rings. The molecule has 144 valence electrons. The maximum atomic E-state index is 9.70. The first kappa shape index (κ1) is 25.0. The molecule has 0 amide bonds. The van der Waals surface area contributed by atoms with E-state index in [2.05, 4.69) is 0 Å². The zero-order valence-corrected chi connectivity index (χ0v) is 13.6. The van der Waals surface area contributed by atoms with E-state index in [4.69, 9.17) is 45.6 Å². The molecule has 0 radical (unpaired) electrons. The van der Waals surface area contributed by atoms with Crippen LogP contribution in [0.4, 0.5) is 0 Å². The van der Waals surface area contributed by atoms with E-state index in [0.29, 0.717) is 6.26 Å². The minimum absolute atomic E-state index is 0.0556. The van der Waals surface area contributed by atoms with Crippen LogP contribution in [-0.2, 0) is 9.53 Å². The van der Waals surface area contributed by atoms with Gasteiger partial charge in [-0.1, -0.05) is 0 Å². The number of hydrogen-bond acceptors (Lipinski definition) is 9. The number of carboxylic acids is 1. The summed E-state index contributed by atoms with van der Waals surface area (Å²) in [7, 11) is 0. The average molecular weight is 356 g/mol. The number of aliphatic hydroxyl groups is 7. The number of rotatable bonds is 11. The van der Waals surface area contributed by atoms with Crippen LogP contribution in [0.25, 0.3) is 0 Å². The van der Waals surface area contributed by atoms with Gasteiger partial charge in [0.15, 0.2) is 0 Å². The molecule has 0 bridgehead atoms. The Kier molecular flexibility index (Phi) is 13.6. The highest BCUT2D eigenvalue weighted by Gasteiger charge is 2.32. The third kappa shape index (κ3) is 8.55. The molecule has 0 rings (SSSR count). The van der Waals surface area contributed by atoms with Crippen molar-refractivity contribution in [3.63, 3.8) is 0 Å². The predicted octanol–water partition coefficient (Wildman–Crippen LogP) is -2.54.